The average Bonchev–Trinajstić information content (AvgIpc) is 2.30. The second-order valence-corrected chi connectivity index (χ2v) is 4.32. The zero-order valence-electron chi connectivity index (χ0n) is 11.2. The van der Waals surface area contributed by atoms with Crippen molar-refractivity contribution in [3.05, 3.63) is 33.9 Å². The smallest absolute Gasteiger partial charge is 0.0280 e. The van der Waals surface area contributed by atoms with E-state index in [1.165, 1.54) is 35.1 Å². The molecule has 1 aliphatic carbocycles. The van der Waals surface area contributed by atoms with Crippen LogP contribution in [0.2, 0.25) is 0 Å². The molecule has 0 unspecified atom stereocenters. The monoisotopic (exact) mass is 217 g/mol. The minimum atomic E-state index is 1.16. The average molecular weight is 217 g/mol. The molecule has 1 heteroatoms. The summed E-state index contributed by atoms with van der Waals surface area (Å²) in [7, 11) is 1.84. The standard InChI is InChI=1S/C15H23N/c1-6-13-8-9-15(12(4)11(13)3)14(7-2)10-16-5/h7,10H,6,8-9H2,1-5H3/b14-7+,16-10-. The maximum atomic E-state index is 4.14. The molecule has 1 aliphatic rings. The predicted molar refractivity (Wildman–Crippen MR) is 73.1 cm³/mol. The van der Waals surface area contributed by atoms with Crippen LogP contribution in [0.15, 0.2) is 38.9 Å². The van der Waals surface area contributed by atoms with Gasteiger partial charge in [0, 0.05) is 13.3 Å². The largest absolute Gasteiger partial charge is 0.296 e. The van der Waals surface area contributed by atoms with Gasteiger partial charge in [0.25, 0.3) is 0 Å². The highest BCUT2D eigenvalue weighted by molar-refractivity contribution is 5.85. The fraction of sp³-hybridized carbons (Fsp3) is 0.533. The summed E-state index contributed by atoms with van der Waals surface area (Å²) in [4.78, 5) is 4.14. The fourth-order valence-electron chi connectivity index (χ4n) is 2.41. The van der Waals surface area contributed by atoms with Crippen LogP contribution in [-0.4, -0.2) is 13.3 Å². The molecular formula is C15H23N. The first-order valence-electron chi connectivity index (χ1n) is 6.13. The zero-order valence-corrected chi connectivity index (χ0v) is 11.2. The Kier molecular flexibility index (Phi) is 4.72. The molecule has 16 heavy (non-hydrogen) atoms. The third-order valence-electron chi connectivity index (χ3n) is 3.58. The predicted octanol–water partition coefficient (Wildman–Crippen LogP) is 4.47. The third-order valence-corrected chi connectivity index (χ3v) is 3.58. The van der Waals surface area contributed by atoms with E-state index in [-0.39, 0.29) is 0 Å². The lowest BCUT2D eigenvalue weighted by molar-refractivity contribution is 0.832. The topological polar surface area (TPSA) is 12.4 Å². The molecule has 0 saturated heterocycles. The van der Waals surface area contributed by atoms with Gasteiger partial charge in [-0.15, -0.1) is 0 Å². The molecule has 88 valence electrons. The Morgan fingerprint density at radius 2 is 1.94 bits per heavy atom. The van der Waals surface area contributed by atoms with E-state index in [2.05, 4.69) is 38.8 Å². The molecule has 0 radical (unpaired) electrons. The van der Waals surface area contributed by atoms with Gasteiger partial charge in [0.15, 0.2) is 0 Å². The highest BCUT2D eigenvalue weighted by atomic mass is 14.6. The van der Waals surface area contributed by atoms with Crippen molar-refractivity contribution in [1.29, 1.82) is 0 Å². The summed E-state index contributed by atoms with van der Waals surface area (Å²) in [6, 6.07) is 0. The lowest BCUT2D eigenvalue weighted by Crippen LogP contribution is -2.05. The van der Waals surface area contributed by atoms with Crippen LogP contribution in [-0.2, 0) is 0 Å². The highest BCUT2D eigenvalue weighted by Gasteiger charge is 2.16. The molecule has 0 fully saturated rings. The lowest BCUT2D eigenvalue weighted by Gasteiger charge is -2.22. The Morgan fingerprint density at radius 1 is 1.25 bits per heavy atom. The molecule has 0 aromatic carbocycles. The lowest BCUT2D eigenvalue weighted by atomic mass is 9.83. The van der Waals surface area contributed by atoms with E-state index in [0.29, 0.717) is 0 Å². The van der Waals surface area contributed by atoms with E-state index >= 15 is 0 Å². The van der Waals surface area contributed by atoms with Crippen LogP contribution < -0.4 is 0 Å². The molecule has 0 aromatic heterocycles. The summed E-state index contributed by atoms with van der Waals surface area (Å²) >= 11 is 0. The molecule has 1 nitrogen and oxygen atoms in total. The number of hydrogen-bond donors (Lipinski definition) is 0. The molecule has 0 heterocycles. The van der Waals surface area contributed by atoms with Gasteiger partial charge in [-0.05, 0) is 62.3 Å². The van der Waals surface area contributed by atoms with Crippen LogP contribution in [0.4, 0.5) is 0 Å². The summed E-state index contributed by atoms with van der Waals surface area (Å²) in [5.74, 6) is 0. The van der Waals surface area contributed by atoms with Gasteiger partial charge in [-0.3, -0.25) is 4.99 Å². The van der Waals surface area contributed by atoms with Crippen molar-refractivity contribution >= 4 is 6.21 Å². The molecule has 0 amide bonds. The molecule has 0 bridgehead atoms. The summed E-state index contributed by atoms with van der Waals surface area (Å²) in [6.45, 7) is 8.84. The number of nitrogens with zero attached hydrogens (tertiary/aromatic N) is 1. The minimum absolute atomic E-state index is 1.16. The van der Waals surface area contributed by atoms with E-state index in [9.17, 15) is 0 Å². The molecule has 0 saturated carbocycles. The summed E-state index contributed by atoms with van der Waals surface area (Å²) < 4.78 is 0. The van der Waals surface area contributed by atoms with Crippen LogP contribution in [0.3, 0.4) is 0 Å². The number of aliphatic imine (C=N–C) groups is 1. The van der Waals surface area contributed by atoms with Gasteiger partial charge in [0.05, 0.1) is 0 Å². The van der Waals surface area contributed by atoms with E-state index < -0.39 is 0 Å². The summed E-state index contributed by atoms with van der Waals surface area (Å²) in [5.41, 5.74) is 7.33. The zero-order chi connectivity index (χ0) is 12.1. The van der Waals surface area contributed by atoms with Gasteiger partial charge in [0.1, 0.15) is 0 Å². The van der Waals surface area contributed by atoms with Gasteiger partial charge in [-0.25, -0.2) is 0 Å². The Hall–Kier alpha value is -1.11. The van der Waals surface area contributed by atoms with Crippen molar-refractivity contribution in [2.45, 2.75) is 47.0 Å². The summed E-state index contributed by atoms with van der Waals surface area (Å²) in [6.07, 6.45) is 7.70. The molecule has 0 aromatic rings. The van der Waals surface area contributed by atoms with Gasteiger partial charge in [-0.2, -0.15) is 0 Å². The van der Waals surface area contributed by atoms with Crippen molar-refractivity contribution in [1.82, 2.24) is 0 Å². The SMILES string of the molecule is C/C=C(\C=N/C)C1=C(C)C(C)=C(CC)CC1. The Balaban J connectivity index is 3.16. The van der Waals surface area contributed by atoms with E-state index in [4.69, 9.17) is 0 Å². The van der Waals surface area contributed by atoms with Crippen molar-refractivity contribution in [3.63, 3.8) is 0 Å². The van der Waals surface area contributed by atoms with Gasteiger partial charge < -0.3 is 0 Å². The molecule has 0 atom stereocenters. The molecule has 1 rings (SSSR count). The second kappa shape index (κ2) is 5.83. The number of allylic oxidation sites excluding steroid dienone is 6. The van der Waals surface area contributed by atoms with E-state index in [1.807, 2.05) is 13.3 Å². The van der Waals surface area contributed by atoms with Crippen LogP contribution in [0.5, 0.6) is 0 Å². The number of rotatable bonds is 3. The van der Waals surface area contributed by atoms with E-state index in [1.54, 1.807) is 5.57 Å². The first kappa shape index (κ1) is 13.0. The third kappa shape index (κ3) is 2.52. The van der Waals surface area contributed by atoms with Gasteiger partial charge in [0.2, 0.25) is 0 Å². The maximum absolute atomic E-state index is 4.14. The van der Waals surface area contributed by atoms with Crippen LogP contribution >= 0.6 is 0 Å². The van der Waals surface area contributed by atoms with E-state index in [0.717, 1.165) is 6.42 Å². The molecule has 0 aliphatic heterocycles. The Bertz CT molecular complexity index is 378. The quantitative estimate of drug-likeness (QED) is 0.618. The maximum Gasteiger partial charge on any atom is 0.0280 e. The first-order chi connectivity index (χ1) is 7.65. The van der Waals surface area contributed by atoms with Gasteiger partial charge in [-0.1, -0.05) is 18.6 Å². The highest BCUT2D eigenvalue weighted by Crippen LogP contribution is 2.34. The number of hydrogen-bond acceptors (Lipinski definition) is 1. The molecule has 0 N–H and O–H groups in total. The van der Waals surface area contributed by atoms with Crippen LogP contribution in [0, 0.1) is 0 Å². The van der Waals surface area contributed by atoms with Crippen LogP contribution in [0.25, 0.3) is 0 Å². The second-order valence-electron chi connectivity index (χ2n) is 4.32. The first-order valence-corrected chi connectivity index (χ1v) is 6.13. The fourth-order valence-corrected chi connectivity index (χ4v) is 2.41. The normalized spacial score (nSPS) is 18.9. The van der Waals surface area contributed by atoms with Crippen molar-refractivity contribution in [3.8, 4) is 0 Å². The van der Waals surface area contributed by atoms with Crippen LogP contribution in [0.1, 0.15) is 47.0 Å². The summed E-state index contributed by atoms with van der Waals surface area (Å²) in [5, 5.41) is 0. The molecular weight excluding hydrogens is 194 g/mol. The van der Waals surface area contributed by atoms with Crippen molar-refractivity contribution < 1.29 is 0 Å². The van der Waals surface area contributed by atoms with Crippen molar-refractivity contribution in [2.75, 3.05) is 7.05 Å². The Labute approximate surface area is 99.7 Å². The van der Waals surface area contributed by atoms with Gasteiger partial charge >= 0.3 is 0 Å². The Morgan fingerprint density at radius 3 is 2.44 bits per heavy atom. The minimum Gasteiger partial charge on any atom is -0.296 e. The van der Waals surface area contributed by atoms with Crippen molar-refractivity contribution in [2.24, 2.45) is 4.99 Å². The molecule has 0 spiro atoms.